The molecule has 152 valence electrons. The highest BCUT2D eigenvalue weighted by atomic mass is 35.5. The van der Waals surface area contributed by atoms with E-state index in [9.17, 15) is 0 Å². The van der Waals surface area contributed by atoms with E-state index in [0.29, 0.717) is 5.15 Å². The van der Waals surface area contributed by atoms with Gasteiger partial charge in [-0.1, -0.05) is 103 Å². The number of nitrogens with one attached hydrogen (secondary N) is 1. The van der Waals surface area contributed by atoms with Gasteiger partial charge in [0.25, 0.3) is 0 Å². The van der Waals surface area contributed by atoms with Crippen LogP contribution in [0.5, 0.6) is 0 Å². The number of rotatable bonds is 3. The molecule has 1 N–H and O–H groups in total. The average molecular weight is 431 g/mol. The summed E-state index contributed by atoms with van der Waals surface area (Å²) in [5.74, 6) is 0. The Morgan fingerprint density at radius 2 is 1.28 bits per heavy atom. The van der Waals surface area contributed by atoms with E-state index >= 15 is 0 Å². The molecule has 0 aliphatic carbocycles. The number of aromatic nitrogens is 2. The zero-order valence-corrected chi connectivity index (χ0v) is 18.0. The second-order valence-corrected chi connectivity index (χ2v) is 8.29. The van der Waals surface area contributed by atoms with E-state index < -0.39 is 0 Å². The number of aromatic amines is 1. The lowest BCUT2D eigenvalue weighted by Gasteiger charge is -2.09. The first-order valence-corrected chi connectivity index (χ1v) is 11.0. The fourth-order valence-corrected chi connectivity index (χ4v) is 4.58. The molecule has 32 heavy (non-hydrogen) atoms. The second kappa shape index (κ2) is 7.67. The topological polar surface area (TPSA) is 28.7 Å². The van der Waals surface area contributed by atoms with Crippen LogP contribution in [0.4, 0.5) is 0 Å². The van der Waals surface area contributed by atoms with E-state index in [-0.39, 0.29) is 0 Å². The van der Waals surface area contributed by atoms with E-state index in [1.807, 2.05) is 36.4 Å². The first-order valence-electron chi connectivity index (χ1n) is 10.6. The lowest BCUT2D eigenvalue weighted by molar-refractivity contribution is 1.32. The number of hydrogen-bond acceptors (Lipinski definition) is 1. The van der Waals surface area contributed by atoms with Crippen molar-refractivity contribution in [2.75, 3.05) is 0 Å². The molecule has 0 bridgehead atoms. The Kier molecular flexibility index (Phi) is 4.52. The smallest absolute Gasteiger partial charge is 0.130 e. The van der Waals surface area contributed by atoms with Crippen LogP contribution in [-0.2, 0) is 0 Å². The number of fused-ring (bicyclic) bond motifs is 3. The molecule has 2 heterocycles. The maximum atomic E-state index is 6.37. The van der Waals surface area contributed by atoms with E-state index in [1.165, 1.54) is 27.4 Å². The van der Waals surface area contributed by atoms with Gasteiger partial charge in [0.1, 0.15) is 5.15 Å². The molecule has 3 heteroatoms. The minimum Gasteiger partial charge on any atom is -0.354 e. The van der Waals surface area contributed by atoms with Crippen LogP contribution in [0, 0.1) is 0 Å². The van der Waals surface area contributed by atoms with Crippen LogP contribution in [0.2, 0.25) is 5.15 Å². The third-order valence-corrected chi connectivity index (χ3v) is 6.13. The van der Waals surface area contributed by atoms with Crippen LogP contribution in [-0.4, -0.2) is 9.97 Å². The van der Waals surface area contributed by atoms with Crippen LogP contribution in [0.15, 0.2) is 109 Å². The fourth-order valence-electron chi connectivity index (χ4n) is 4.38. The average Bonchev–Trinajstić information content (AvgIpc) is 3.23. The summed E-state index contributed by atoms with van der Waals surface area (Å²) < 4.78 is 0. The van der Waals surface area contributed by atoms with Crippen molar-refractivity contribution < 1.29 is 0 Å². The second-order valence-electron chi connectivity index (χ2n) is 7.91. The van der Waals surface area contributed by atoms with Gasteiger partial charge in [-0.2, -0.15) is 0 Å². The van der Waals surface area contributed by atoms with E-state index in [4.69, 9.17) is 11.6 Å². The summed E-state index contributed by atoms with van der Waals surface area (Å²) >= 11 is 6.37. The van der Waals surface area contributed by atoms with Crippen molar-refractivity contribution in [1.82, 2.24) is 9.97 Å². The van der Waals surface area contributed by atoms with Crippen molar-refractivity contribution in [3.63, 3.8) is 0 Å². The van der Waals surface area contributed by atoms with E-state index in [1.54, 1.807) is 0 Å². The fraction of sp³-hybridized carbons (Fsp3) is 0. The normalized spacial score (nSPS) is 11.3. The van der Waals surface area contributed by atoms with Crippen LogP contribution in [0.25, 0.3) is 55.3 Å². The number of benzene rings is 4. The predicted octanol–water partition coefficient (Wildman–Crippen LogP) is 8.37. The van der Waals surface area contributed by atoms with Gasteiger partial charge in [0.15, 0.2) is 0 Å². The number of para-hydroxylation sites is 2. The number of halogens is 1. The molecule has 0 spiro atoms. The zero-order chi connectivity index (χ0) is 21.5. The molecule has 0 saturated carbocycles. The largest absolute Gasteiger partial charge is 0.354 e. The number of nitrogens with zero attached hydrogens (tertiary/aromatic N) is 1. The summed E-state index contributed by atoms with van der Waals surface area (Å²) in [6, 6.07) is 37.7. The molecular weight excluding hydrogens is 412 g/mol. The van der Waals surface area contributed by atoms with Crippen molar-refractivity contribution in [3.05, 3.63) is 114 Å². The maximum absolute atomic E-state index is 6.37. The molecule has 0 aliphatic heterocycles. The Morgan fingerprint density at radius 1 is 0.562 bits per heavy atom. The zero-order valence-electron chi connectivity index (χ0n) is 17.2. The van der Waals surface area contributed by atoms with Crippen LogP contribution in [0.1, 0.15) is 0 Å². The van der Waals surface area contributed by atoms with Gasteiger partial charge in [-0.05, 0) is 34.9 Å². The number of pyridine rings is 1. The Hall–Kier alpha value is -3.88. The monoisotopic (exact) mass is 430 g/mol. The molecule has 0 aliphatic rings. The molecule has 6 rings (SSSR count). The lowest BCUT2D eigenvalue weighted by Crippen LogP contribution is -1.88. The highest BCUT2D eigenvalue weighted by molar-refractivity contribution is 6.29. The van der Waals surface area contributed by atoms with E-state index in [0.717, 1.165) is 27.9 Å². The van der Waals surface area contributed by atoms with Gasteiger partial charge < -0.3 is 4.98 Å². The molecule has 0 fully saturated rings. The minimum atomic E-state index is 0.494. The third-order valence-electron chi connectivity index (χ3n) is 5.93. The Balaban J connectivity index is 1.42. The first kappa shape index (κ1) is 18.9. The Morgan fingerprint density at radius 3 is 2.12 bits per heavy atom. The molecule has 0 atom stereocenters. The molecule has 0 saturated heterocycles. The predicted molar refractivity (Wildman–Crippen MR) is 135 cm³/mol. The highest BCUT2D eigenvalue weighted by Gasteiger charge is 2.10. The van der Waals surface area contributed by atoms with Gasteiger partial charge in [0.2, 0.25) is 0 Å². The van der Waals surface area contributed by atoms with Crippen molar-refractivity contribution in [1.29, 1.82) is 0 Å². The van der Waals surface area contributed by atoms with Gasteiger partial charge in [-0.25, -0.2) is 4.98 Å². The maximum Gasteiger partial charge on any atom is 0.130 e. The lowest BCUT2D eigenvalue weighted by atomic mass is 9.98. The van der Waals surface area contributed by atoms with E-state index in [2.05, 4.69) is 82.8 Å². The summed E-state index contributed by atoms with van der Waals surface area (Å²) in [4.78, 5) is 8.11. The molecule has 0 unspecified atom stereocenters. The molecule has 2 nitrogen and oxygen atoms in total. The van der Waals surface area contributed by atoms with Gasteiger partial charge in [0.05, 0.1) is 11.2 Å². The van der Waals surface area contributed by atoms with Gasteiger partial charge >= 0.3 is 0 Å². The van der Waals surface area contributed by atoms with Crippen LogP contribution < -0.4 is 0 Å². The molecule has 4 aromatic carbocycles. The Labute approximate surface area is 191 Å². The summed E-state index contributed by atoms with van der Waals surface area (Å²) in [6.45, 7) is 0. The van der Waals surface area contributed by atoms with Gasteiger partial charge in [-0.15, -0.1) is 0 Å². The van der Waals surface area contributed by atoms with Gasteiger partial charge in [0, 0.05) is 27.4 Å². The van der Waals surface area contributed by atoms with Crippen LogP contribution >= 0.6 is 11.6 Å². The van der Waals surface area contributed by atoms with Crippen molar-refractivity contribution in [2.24, 2.45) is 0 Å². The third kappa shape index (κ3) is 3.26. The SMILES string of the molecule is Clc1cc(-c2ccc(-c3cccc4c3[nH]c3ccccc34)cc2)cc(-c2ccccc2)n1. The summed E-state index contributed by atoms with van der Waals surface area (Å²) in [6.07, 6.45) is 0. The molecular formula is C29H19ClN2. The minimum absolute atomic E-state index is 0.494. The standard InChI is InChI=1S/C29H19ClN2/c30-28-18-22(17-27(31-28)21-7-2-1-3-8-21)19-13-15-20(16-14-19)23-10-6-11-25-24-9-4-5-12-26(24)32-29(23)25/h1-18,32H. The molecule has 6 aromatic rings. The molecule has 2 aromatic heterocycles. The Bertz CT molecular complexity index is 1560. The van der Waals surface area contributed by atoms with Crippen molar-refractivity contribution >= 4 is 33.4 Å². The van der Waals surface area contributed by atoms with Crippen molar-refractivity contribution in [2.45, 2.75) is 0 Å². The first-order chi connectivity index (χ1) is 15.8. The summed E-state index contributed by atoms with van der Waals surface area (Å²) in [7, 11) is 0. The van der Waals surface area contributed by atoms with Crippen molar-refractivity contribution in [3.8, 4) is 33.5 Å². The summed E-state index contributed by atoms with van der Waals surface area (Å²) in [5.41, 5.74) is 8.79. The summed E-state index contributed by atoms with van der Waals surface area (Å²) in [5, 5.41) is 2.99. The van der Waals surface area contributed by atoms with Gasteiger partial charge in [-0.3, -0.25) is 0 Å². The quantitative estimate of drug-likeness (QED) is 0.280. The number of hydrogen-bond donors (Lipinski definition) is 1. The number of H-pyrrole nitrogens is 1. The highest BCUT2D eigenvalue weighted by Crippen LogP contribution is 2.34. The van der Waals surface area contributed by atoms with Crippen LogP contribution in [0.3, 0.4) is 0 Å². The molecule has 0 radical (unpaired) electrons. The molecule has 0 amide bonds.